The molecule has 3 heteroatoms. The van der Waals surface area contributed by atoms with Gasteiger partial charge in [-0.1, -0.05) is 22.9 Å². The first-order valence-electron chi connectivity index (χ1n) is 2.59. The third-order valence-corrected chi connectivity index (χ3v) is 1.84. The molecule has 0 saturated heterocycles. The molecule has 0 fully saturated rings. The number of amides is 1. The lowest BCUT2D eigenvalue weighted by Gasteiger charge is -1.99. The third kappa shape index (κ3) is 4.12. The topological polar surface area (TPSA) is 43.1 Å². The van der Waals surface area contributed by atoms with Crippen LogP contribution in [0.2, 0.25) is 0 Å². The highest BCUT2D eigenvalue weighted by Crippen LogP contribution is 2.07. The maximum atomic E-state index is 10.2. The third-order valence-electron chi connectivity index (χ3n) is 0.866. The molecule has 0 rings (SSSR count). The quantitative estimate of drug-likeness (QED) is 0.647. The molecule has 1 unspecified atom stereocenters. The first-order valence-corrected chi connectivity index (χ1v) is 3.50. The Bertz CT molecular complexity index is 84.5. The van der Waals surface area contributed by atoms with Crippen LogP contribution in [0.15, 0.2) is 0 Å². The maximum Gasteiger partial charge on any atom is 0.218 e. The van der Waals surface area contributed by atoms with Gasteiger partial charge in [0, 0.05) is 11.2 Å². The van der Waals surface area contributed by atoms with E-state index in [-0.39, 0.29) is 10.7 Å². The van der Waals surface area contributed by atoms with Gasteiger partial charge in [-0.2, -0.15) is 0 Å². The standard InChI is InChI=1S/C5H10BrNO/c1-2-4(6)3-5(7)8/h4H,2-3H2,1H3,(H2,7,8). The summed E-state index contributed by atoms with van der Waals surface area (Å²) in [6.07, 6.45) is 1.39. The first-order chi connectivity index (χ1) is 3.66. The number of nitrogens with two attached hydrogens (primary N) is 1. The van der Waals surface area contributed by atoms with E-state index < -0.39 is 0 Å². The molecule has 0 aromatic heterocycles. The molecule has 0 spiro atoms. The summed E-state index contributed by atoms with van der Waals surface area (Å²) in [4.78, 5) is 10.4. The molecule has 0 aliphatic carbocycles. The van der Waals surface area contributed by atoms with Crippen molar-refractivity contribution in [3.63, 3.8) is 0 Å². The largest absolute Gasteiger partial charge is 0.370 e. The van der Waals surface area contributed by atoms with Crippen molar-refractivity contribution in [3.05, 3.63) is 0 Å². The minimum absolute atomic E-state index is 0.242. The Morgan fingerprint density at radius 3 is 2.50 bits per heavy atom. The number of rotatable bonds is 3. The number of halogens is 1. The molecule has 1 atom stereocenters. The van der Waals surface area contributed by atoms with E-state index in [4.69, 9.17) is 5.73 Å². The van der Waals surface area contributed by atoms with Crippen molar-refractivity contribution in [1.29, 1.82) is 0 Å². The molecule has 8 heavy (non-hydrogen) atoms. The second kappa shape index (κ2) is 3.89. The van der Waals surface area contributed by atoms with Crippen molar-refractivity contribution in [2.45, 2.75) is 24.6 Å². The van der Waals surface area contributed by atoms with Gasteiger partial charge in [-0.15, -0.1) is 0 Å². The van der Waals surface area contributed by atoms with Crippen molar-refractivity contribution >= 4 is 21.8 Å². The molecule has 1 amide bonds. The second-order valence-corrected chi connectivity index (χ2v) is 2.97. The summed E-state index contributed by atoms with van der Waals surface area (Å²) < 4.78 is 0. The van der Waals surface area contributed by atoms with Crippen molar-refractivity contribution in [1.82, 2.24) is 0 Å². The van der Waals surface area contributed by atoms with Crippen LogP contribution in [0.4, 0.5) is 0 Å². The van der Waals surface area contributed by atoms with Gasteiger partial charge in [0.05, 0.1) is 0 Å². The highest BCUT2D eigenvalue weighted by Gasteiger charge is 2.02. The zero-order valence-corrected chi connectivity index (χ0v) is 6.44. The molecular weight excluding hydrogens is 170 g/mol. The number of hydrogen-bond acceptors (Lipinski definition) is 1. The molecule has 48 valence electrons. The minimum Gasteiger partial charge on any atom is -0.370 e. The number of alkyl halides is 1. The van der Waals surface area contributed by atoms with E-state index in [1.165, 1.54) is 0 Å². The van der Waals surface area contributed by atoms with E-state index in [0.717, 1.165) is 6.42 Å². The Labute approximate surface area is 57.6 Å². The van der Waals surface area contributed by atoms with Crippen LogP contribution in [0.3, 0.4) is 0 Å². The average Bonchev–Trinajstić information content (AvgIpc) is 1.65. The molecule has 0 saturated carbocycles. The highest BCUT2D eigenvalue weighted by molar-refractivity contribution is 9.09. The minimum atomic E-state index is -0.242. The van der Waals surface area contributed by atoms with Crippen molar-refractivity contribution in [2.24, 2.45) is 5.73 Å². The summed E-state index contributed by atoms with van der Waals surface area (Å²) in [5.41, 5.74) is 4.90. The number of primary amides is 1. The molecule has 0 radical (unpaired) electrons. The molecule has 0 aromatic rings. The van der Waals surface area contributed by atoms with Gasteiger partial charge < -0.3 is 5.73 Å². The Morgan fingerprint density at radius 1 is 1.88 bits per heavy atom. The van der Waals surface area contributed by atoms with E-state index in [1.807, 2.05) is 6.92 Å². The van der Waals surface area contributed by atoms with Crippen LogP contribution >= 0.6 is 15.9 Å². The van der Waals surface area contributed by atoms with Crippen LogP contribution in [-0.2, 0) is 4.79 Å². The Morgan fingerprint density at radius 2 is 2.38 bits per heavy atom. The molecule has 0 bridgehead atoms. The predicted octanol–water partition coefficient (Wildman–Crippen LogP) is 1.04. The Hall–Kier alpha value is -0.0500. The van der Waals surface area contributed by atoms with Gasteiger partial charge in [0.15, 0.2) is 0 Å². The molecular formula is C5H10BrNO. The van der Waals surface area contributed by atoms with E-state index in [0.29, 0.717) is 6.42 Å². The van der Waals surface area contributed by atoms with Gasteiger partial charge in [-0.25, -0.2) is 0 Å². The van der Waals surface area contributed by atoms with Crippen LogP contribution in [0, 0.1) is 0 Å². The summed E-state index contributed by atoms with van der Waals surface area (Å²) in [5.74, 6) is -0.242. The molecule has 2 nitrogen and oxygen atoms in total. The average molecular weight is 180 g/mol. The molecule has 0 aromatic carbocycles. The smallest absolute Gasteiger partial charge is 0.218 e. The van der Waals surface area contributed by atoms with Crippen LogP contribution in [0.25, 0.3) is 0 Å². The van der Waals surface area contributed by atoms with Crippen LogP contribution in [0.1, 0.15) is 19.8 Å². The first kappa shape index (κ1) is 7.95. The highest BCUT2D eigenvalue weighted by atomic mass is 79.9. The number of carbonyl (C=O) groups excluding carboxylic acids is 1. The monoisotopic (exact) mass is 179 g/mol. The summed E-state index contributed by atoms with van der Waals surface area (Å²) in [5, 5.41) is 0. The van der Waals surface area contributed by atoms with E-state index in [9.17, 15) is 4.79 Å². The van der Waals surface area contributed by atoms with Crippen LogP contribution < -0.4 is 5.73 Å². The second-order valence-electron chi connectivity index (χ2n) is 1.68. The van der Waals surface area contributed by atoms with Gasteiger partial charge >= 0.3 is 0 Å². The summed E-state index contributed by atoms with van der Waals surface area (Å²) in [6, 6.07) is 0. The van der Waals surface area contributed by atoms with Crippen molar-refractivity contribution < 1.29 is 4.79 Å². The lowest BCUT2D eigenvalue weighted by molar-refractivity contribution is -0.117. The molecule has 2 N–H and O–H groups in total. The van der Waals surface area contributed by atoms with Gasteiger partial charge in [-0.3, -0.25) is 4.79 Å². The fourth-order valence-corrected chi connectivity index (χ4v) is 0.682. The van der Waals surface area contributed by atoms with Gasteiger partial charge in [0.1, 0.15) is 0 Å². The zero-order chi connectivity index (χ0) is 6.57. The summed E-state index contributed by atoms with van der Waals surface area (Å²) in [6.45, 7) is 2.00. The van der Waals surface area contributed by atoms with Gasteiger partial charge in [-0.05, 0) is 6.42 Å². The fourth-order valence-electron chi connectivity index (χ4n) is 0.363. The predicted molar refractivity (Wildman–Crippen MR) is 36.8 cm³/mol. The van der Waals surface area contributed by atoms with Crippen LogP contribution in [0.5, 0.6) is 0 Å². The van der Waals surface area contributed by atoms with E-state index in [2.05, 4.69) is 15.9 Å². The van der Waals surface area contributed by atoms with E-state index in [1.54, 1.807) is 0 Å². The lowest BCUT2D eigenvalue weighted by atomic mass is 10.2. The number of hydrogen-bond donors (Lipinski definition) is 1. The fraction of sp³-hybridized carbons (Fsp3) is 0.800. The molecule has 0 aliphatic rings. The summed E-state index contributed by atoms with van der Waals surface area (Å²) in [7, 11) is 0. The SMILES string of the molecule is CCC(Br)CC(N)=O. The van der Waals surface area contributed by atoms with Crippen molar-refractivity contribution in [2.75, 3.05) is 0 Å². The summed E-state index contributed by atoms with van der Waals surface area (Å²) >= 11 is 3.28. The normalized spacial score (nSPS) is 13.2. The zero-order valence-electron chi connectivity index (χ0n) is 4.86. The Kier molecular flexibility index (Phi) is 3.87. The van der Waals surface area contributed by atoms with Crippen LogP contribution in [-0.4, -0.2) is 10.7 Å². The Balaban J connectivity index is 3.24. The molecule has 0 heterocycles. The molecule has 0 aliphatic heterocycles. The van der Waals surface area contributed by atoms with Crippen molar-refractivity contribution in [3.8, 4) is 0 Å². The number of carbonyl (C=O) groups is 1. The lowest BCUT2D eigenvalue weighted by Crippen LogP contribution is -2.15. The van der Waals surface area contributed by atoms with Gasteiger partial charge in [0.25, 0.3) is 0 Å². The van der Waals surface area contributed by atoms with Gasteiger partial charge in [0.2, 0.25) is 5.91 Å². The van der Waals surface area contributed by atoms with E-state index >= 15 is 0 Å². The maximum absolute atomic E-state index is 10.2.